The highest BCUT2D eigenvalue weighted by atomic mass is 16.5. The molecule has 2 N–H and O–H groups in total. The van der Waals surface area contributed by atoms with Gasteiger partial charge in [-0.15, -0.1) is 0 Å². The minimum absolute atomic E-state index is 0.253. The molecule has 2 unspecified atom stereocenters. The number of rotatable bonds is 3. The summed E-state index contributed by atoms with van der Waals surface area (Å²) in [6.07, 6.45) is 0.684. The third-order valence-corrected chi connectivity index (χ3v) is 5.01. The van der Waals surface area contributed by atoms with Gasteiger partial charge < -0.3 is 15.2 Å². The first-order valence-electron chi connectivity index (χ1n) is 7.60. The van der Waals surface area contributed by atoms with Crippen LogP contribution in [-0.4, -0.2) is 47.7 Å². The Hall–Kier alpha value is -1.43. The first-order chi connectivity index (χ1) is 10.1. The number of esters is 1. The molecule has 0 radical (unpaired) electrons. The van der Waals surface area contributed by atoms with Gasteiger partial charge >= 0.3 is 5.97 Å². The summed E-state index contributed by atoms with van der Waals surface area (Å²) in [5, 5.41) is 14.1. The van der Waals surface area contributed by atoms with Crippen molar-refractivity contribution in [3.63, 3.8) is 0 Å². The van der Waals surface area contributed by atoms with Gasteiger partial charge in [-0.3, -0.25) is 4.90 Å². The van der Waals surface area contributed by atoms with Crippen LogP contribution >= 0.6 is 0 Å². The number of cyclic esters (lactones) is 1. The van der Waals surface area contributed by atoms with Crippen LogP contribution in [0.15, 0.2) is 12.1 Å². The van der Waals surface area contributed by atoms with Crippen LogP contribution in [0.25, 0.3) is 0 Å². The van der Waals surface area contributed by atoms with Crippen molar-refractivity contribution in [3.8, 4) is 0 Å². The van der Waals surface area contributed by atoms with Crippen molar-refractivity contribution < 1.29 is 14.6 Å². The number of hydrogen-bond acceptors (Lipinski definition) is 5. The molecular formula is C16H20N2O3. The lowest BCUT2D eigenvalue weighted by molar-refractivity contribution is 0.0535. The molecular weight excluding hydrogens is 268 g/mol. The zero-order valence-corrected chi connectivity index (χ0v) is 12.1. The number of β-amino-alcohol motifs (C(OH)–C–C–N with tert-alkyl or cyclic N) is 1. The molecule has 1 aliphatic carbocycles. The molecule has 2 aliphatic heterocycles. The van der Waals surface area contributed by atoms with E-state index in [1.165, 1.54) is 6.42 Å². The predicted octanol–water partition coefficient (Wildman–Crippen LogP) is 0.745. The van der Waals surface area contributed by atoms with Crippen molar-refractivity contribution in [1.82, 2.24) is 10.2 Å². The normalized spacial score (nSPS) is 28.8. The molecule has 1 saturated heterocycles. The number of carbonyl (C=O) groups is 1. The molecule has 5 nitrogen and oxygen atoms in total. The topological polar surface area (TPSA) is 61.8 Å². The lowest BCUT2D eigenvalue weighted by atomic mass is 9.95. The summed E-state index contributed by atoms with van der Waals surface area (Å²) in [7, 11) is 0. The predicted molar refractivity (Wildman–Crippen MR) is 77.0 cm³/mol. The molecule has 5 heteroatoms. The molecule has 0 bridgehead atoms. The van der Waals surface area contributed by atoms with E-state index < -0.39 is 6.10 Å². The lowest BCUT2D eigenvalue weighted by Gasteiger charge is -2.29. The highest BCUT2D eigenvalue weighted by Crippen LogP contribution is 2.34. The maximum absolute atomic E-state index is 11.6. The number of hydrogen-bond donors (Lipinski definition) is 2. The smallest absolute Gasteiger partial charge is 0.338 e. The molecule has 0 spiro atoms. The van der Waals surface area contributed by atoms with Gasteiger partial charge in [-0.05, 0) is 30.5 Å². The second-order valence-corrected chi connectivity index (χ2v) is 6.26. The number of carbonyl (C=O) groups excluding carboxylic acids is 1. The summed E-state index contributed by atoms with van der Waals surface area (Å²) in [6, 6.07) is 4.87. The highest BCUT2D eigenvalue weighted by Gasteiger charge is 2.44. The molecule has 3 atom stereocenters. The Morgan fingerprint density at radius 3 is 3.24 bits per heavy atom. The van der Waals surface area contributed by atoms with E-state index in [1.807, 2.05) is 13.0 Å². The van der Waals surface area contributed by atoms with E-state index in [9.17, 15) is 9.90 Å². The molecule has 2 heterocycles. The summed E-state index contributed by atoms with van der Waals surface area (Å²) < 4.78 is 5.07. The monoisotopic (exact) mass is 288 g/mol. The number of piperazine rings is 1. The Kier molecular flexibility index (Phi) is 3.03. The van der Waals surface area contributed by atoms with E-state index in [4.69, 9.17) is 4.74 Å². The molecule has 1 aromatic rings. The van der Waals surface area contributed by atoms with Gasteiger partial charge in [0.2, 0.25) is 0 Å². The number of nitrogens with one attached hydrogen (secondary N) is 1. The van der Waals surface area contributed by atoms with Crippen molar-refractivity contribution in [1.29, 1.82) is 0 Å². The van der Waals surface area contributed by atoms with E-state index in [0.29, 0.717) is 30.8 Å². The molecule has 2 fully saturated rings. The average molecular weight is 288 g/mol. The van der Waals surface area contributed by atoms with E-state index in [0.717, 1.165) is 29.8 Å². The molecule has 4 rings (SSSR count). The molecule has 0 amide bonds. The number of fused-ring (bicyclic) bond motifs is 2. The van der Waals surface area contributed by atoms with Crippen molar-refractivity contribution >= 4 is 5.97 Å². The fourth-order valence-corrected chi connectivity index (χ4v) is 3.64. The third kappa shape index (κ3) is 2.16. The molecule has 0 aromatic heterocycles. The number of aliphatic hydroxyl groups excluding tert-OH is 1. The van der Waals surface area contributed by atoms with Crippen LogP contribution in [0, 0.1) is 6.92 Å². The average Bonchev–Trinajstić information content (AvgIpc) is 3.17. The van der Waals surface area contributed by atoms with Crippen LogP contribution in [-0.2, 0) is 11.3 Å². The van der Waals surface area contributed by atoms with Gasteiger partial charge in [0, 0.05) is 37.3 Å². The van der Waals surface area contributed by atoms with Crippen LogP contribution in [0.2, 0.25) is 0 Å². The minimum Gasteiger partial charge on any atom is -0.457 e. The number of nitrogens with zero attached hydrogens (tertiary/aromatic N) is 1. The van der Waals surface area contributed by atoms with Gasteiger partial charge in [0.25, 0.3) is 0 Å². The van der Waals surface area contributed by atoms with E-state index in [-0.39, 0.29) is 5.97 Å². The molecule has 1 aromatic carbocycles. The van der Waals surface area contributed by atoms with Crippen LogP contribution in [0.1, 0.15) is 39.6 Å². The summed E-state index contributed by atoms with van der Waals surface area (Å²) in [6.45, 7) is 4.95. The van der Waals surface area contributed by atoms with Crippen LogP contribution < -0.4 is 5.32 Å². The van der Waals surface area contributed by atoms with Gasteiger partial charge in [-0.2, -0.15) is 0 Å². The quantitative estimate of drug-likeness (QED) is 0.804. The van der Waals surface area contributed by atoms with Crippen molar-refractivity contribution in [2.45, 2.75) is 38.1 Å². The number of aliphatic hydroxyl groups is 1. The van der Waals surface area contributed by atoms with Gasteiger partial charge in [-0.1, -0.05) is 6.07 Å². The third-order valence-electron chi connectivity index (χ3n) is 5.01. The zero-order valence-electron chi connectivity index (χ0n) is 12.1. The van der Waals surface area contributed by atoms with E-state index >= 15 is 0 Å². The molecule has 3 aliphatic rings. The standard InChI is InChI=1S/C16H20N2O3/c1-9-10(2-3-11-12(9)8-21-16(11)20)15(19)7-18-5-4-17-13-6-14(13)18/h2-3,13-15,17,19H,4-8H2,1H3/t13?,14?,15-/m0/s1. The Bertz CT molecular complexity index is 601. The van der Waals surface area contributed by atoms with Crippen LogP contribution in [0.5, 0.6) is 0 Å². The fourth-order valence-electron chi connectivity index (χ4n) is 3.64. The van der Waals surface area contributed by atoms with E-state index in [2.05, 4.69) is 10.2 Å². The molecule has 112 valence electrons. The van der Waals surface area contributed by atoms with Crippen LogP contribution in [0.3, 0.4) is 0 Å². The van der Waals surface area contributed by atoms with Crippen LogP contribution in [0.4, 0.5) is 0 Å². The first-order valence-corrected chi connectivity index (χ1v) is 7.60. The van der Waals surface area contributed by atoms with Crippen molar-refractivity contribution in [2.24, 2.45) is 0 Å². The summed E-state index contributed by atoms with van der Waals surface area (Å²) in [5.74, 6) is -0.253. The summed E-state index contributed by atoms with van der Waals surface area (Å²) in [4.78, 5) is 13.9. The number of benzene rings is 1. The van der Waals surface area contributed by atoms with Crippen molar-refractivity contribution in [3.05, 3.63) is 34.4 Å². The Morgan fingerprint density at radius 2 is 2.38 bits per heavy atom. The van der Waals surface area contributed by atoms with Crippen molar-refractivity contribution in [2.75, 3.05) is 19.6 Å². The molecule has 1 saturated carbocycles. The molecule has 21 heavy (non-hydrogen) atoms. The Morgan fingerprint density at radius 1 is 1.52 bits per heavy atom. The van der Waals surface area contributed by atoms with Gasteiger partial charge in [0.15, 0.2) is 0 Å². The lowest BCUT2D eigenvalue weighted by Crippen LogP contribution is -2.45. The van der Waals surface area contributed by atoms with Gasteiger partial charge in [0.1, 0.15) is 6.61 Å². The van der Waals surface area contributed by atoms with Gasteiger partial charge in [-0.25, -0.2) is 4.79 Å². The number of ether oxygens (including phenoxy) is 1. The summed E-state index contributed by atoms with van der Waals surface area (Å²) >= 11 is 0. The SMILES string of the molecule is Cc1c([C@@H](O)CN2CCNC3CC32)ccc2c1COC2=O. The Balaban J connectivity index is 1.54. The second-order valence-electron chi connectivity index (χ2n) is 6.26. The summed E-state index contributed by atoms with van der Waals surface area (Å²) in [5.41, 5.74) is 3.49. The maximum atomic E-state index is 11.6. The zero-order chi connectivity index (χ0) is 14.6. The van der Waals surface area contributed by atoms with E-state index in [1.54, 1.807) is 6.07 Å². The van der Waals surface area contributed by atoms with Gasteiger partial charge in [0.05, 0.1) is 11.7 Å². The second kappa shape index (κ2) is 4.80. The largest absolute Gasteiger partial charge is 0.457 e. The minimum atomic E-state index is -0.509. The Labute approximate surface area is 123 Å². The fraction of sp³-hybridized carbons (Fsp3) is 0.562. The highest BCUT2D eigenvalue weighted by molar-refractivity contribution is 5.93. The maximum Gasteiger partial charge on any atom is 0.338 e. The first kappa shape index (κ1) is 13.2.